The third-order valence-electron chi connectivity index (χ3n) is 2.60. The van der Waals surface area contributed by atoms with Crippen LogP contribution in [0.15, 0.2) is 24.3 Å². The lowest BCUT2D eigenvalue weighted by Gasteiger charge is -2.21. The van der Waals surface area contributed by atoms with Crippen molar-refractivity contribution in [3.05, 3.63) is 35.6 Å². The quantitative estimate of drug-likeness (QED) is 0.869. The Morgan fingerprint density at radius 2 is 2.19 bits per heavy atom. The average Bonchev–Trinajstić information content (AvgIpc) is 2.33. The third-order valence-corrected chi connectivity index (χ3v) is 3.66. The van der Waals surface area contributed by atoms with E-state index < -0.39 is 0 Å². The number of rotatable bonds is 3. The minimum absolute atomic E-state index is 0.0381. The molecule has 0 aliphatic carbocycles. The first-order chi connectivity index (χ1) is 7.75. The molecule has 0 saturated carbocycles. The molecule has 1 N–H and O–H groups in total. The van der Waals surface area contributed by atoms with E-state index in [4.69, 9.17) is 0 Å². The minimum Gasteiger partial charge on any atom is -0.306 e. The summed E-state index contributed by atoms with van der Waals surface area (Å²) in [4.78, 5) is 11.9. The van der Waals surface area contributed by atoms with Gasteiger partial charge in [0.05, 0.1) is 6.04 Å². The summed E-state index contributed by atoms with van der Waals surface area (Å²) < 4.78 is 12.7. The molecule has 1 aromatic carbocycles. The van der Waals surface area contributed by atoms with Crippen molar-refractivity contribution in [2.75, 3.05) is 18.1 Å². The van der Waals surface area contributed by atoms with E-state index in [0.717, 1.165) is 23.6 Å². The number of hydrogen-bond donors (Lipinski definition) is 1. The van der Waals surface area contributed by atoms with Gasteiger partial charge in [-0.25, -0.2) is 4.39 Å². The Morgan fingerprint density at radius 3 is 2.81 bits per heavy atom. The Labute approximate surface area is 98.6 Å². The minimum atomic E-state index is -0.262. The van der Waals surface area contributed by atoms with Crippen LogP contribution in [0.25, 0.3) is 0 Å². The van der Waals surface area contributed by atoms with Crippen LogP contribution in [0.2, 0.25) is 0 Å². The predicted molar refractivity (Wildman–Crippen MR) is 64.2 cm³/mol. The Bertz CT molecular complexity index is 360. The molecule has 1 aliphatic rings. The van der Waals surface area contributed by atoms with Gasteiger partial charge in [0.15, 0.2) is 5.78 Å². The first kappa shape index (κ1) is 11.6. The van der Waals surface area contributed by atoms with E-state index in [-0.39, 0.29) is 17.6 Å². The second kappa shape index (κ2) is 5.46. The van der Waals surface area contributed by atoms with Crippen molar-refractivity contribution < 1.29 is 9.18 Å². The number of ketones is 1. The summed E-state index contributed by atoms with van der Waals surface area (Å²) >= 11 is 1.80. The van der Waals surface area contributed by atoms with Gasteiger partial charge in [0.2, 0.25) is 0 Å². The smallest absolute Gasteiger partial charge is 0.154 e. The van der Waals surface area contributed by atoms with E-state index in [9.17, 15) is 9.18 Å². The van der Waals surface area contributed by atoms with E-state index in [0.29, 0.717) is 6.42 Å². The zero-order valence-electron chi connectivity index (χ0n) is 8.91. The molecule has 1 atom stereocenters. The molecule has 0 bridgehead atoms. The number of halogens is 1. The Hall–Kier alpha value is -0.870. The molecule has 0 spiro atoms. The maximum atomic E-state index is 12.7. The normalized spacial score (nSPS) is 20.7. The zero-order chi connectivity index (χ0) is 11.4. The second-order valence-electron chi connectivity index (χ2n) is 3.85. The average molecular weight is 239 g/mol. The number of hydrogen-bond acceptors (Lipinski definition) is 3. The van der Waals surface area contributed by atoms with Crippen LogP contribution in [0.1, 0.15) is 5.56 Å². The summed E-state index contributed by atoms with van der Waals surface area (Å²) in [6.07, 6.45) is 0.387. The fraction of sp³-hybridized carbons (Fsp3) is 0.417. The van der Waals surface area contributed by atoms with Crippen molar-refractivity contribution in [3.8, 4) is 0 Å². The van der Waals surface area contributed by atoms with Crippen molar-refractivity contribution in [1.29, 1.82) is 0 Å². The van der Waals surface area contributed by atoms with Crippen LogP contribution in [0.4, 0.5) is 4.39 Å². The molecule has 1 fully saturated rings. The van der Waals surface area contributed by atoms with Gasteiger partial charge in [0.1, 0.15) is 5.82 Å². The van der Waals surface area contributed by atoms with Crippen molar-refractivity contribution in [2.45, 2.75) is 12.5 Å². The lowest BCUT2D eigenvalue weighted by molar-refractivity contribution is -0.119. The number of thioether (sulfide) groups is 1. The van der Waals surface area contributed by atoms with Crippen LogP contribution >= 0.6 is 11.8 Å². The molecule has 4 heteroatoms. The summed E-state index contributed by atoms with van der Waals surface area (Å²) in [6.45, 7) is 0.893. The molecule has 16 heavy (non-hydrogen) atoms. The van der Waals surface area contributed by atoms with E-state index in [1.165, 1.54) is 12.1 Å². The number of carbonyl (C=O) groups is 1. The Morgan fingerprint density at radius 1 is 1.44 bits per heavy atom. The maximum Gasteiger partial charge on any atom is 0.154 e. The van der Waals surface area contributed by atoms with E-state index in [1.807, 2.05) is 0 Å². The van der Waals surface area contributed by atoms with Crippen LogP contribution < -0.4 is 5.32 Å². The van der Waals surface area contributed by atoms with Crippen molar-refractivity contribution >= 4 is 17.5 Å². The van der Waals surface area contributed by atoms with Crippen LogP contribution in [-0.4, -0.2) is 29.9 Å². The topological polar surface area (TPSA) is 29.1 Å². The van der Waals surface area contributed by atoms with Crippen molar-refractivity contribution in [1.82, 2.24) is 5.32 Å². The highest BCUT2D eigenvalue weighted by Crippen LogP contribution is 2.11. The lowest BCUT2D eigenvalue weighted by Crippen LogP contribution is -2.44. The standard InChI is InChI=1S/C12H14FNOS/c13-10-3-1-9(2-4-10)7-12(15)11-8-16-6-5-14-11/h1-4,11,14H,5-8H2. The van der Waals surface area contributed by atoms with E-state index in [1.54, 1.807) is 23.9 Å². The predicted octanol–water partition coefficient (Wildman–Crippen LogP) is 1.64. The number of carbonyl (C=O) groups excluding carboxylic acids is 1. The fourth-order valence-corrected chi connectivity index (χ4v) is 2.67. The fourth-order valence-electron chi connectivity index (χ4n) is 1.70. The summed E-state index contributed by atoms with van der Waals surface area (Å²) in [5, 5.41) is 3.21. The summed E-state index contributed by atoms with van der Waals surface area (Å²) in [5.41, 5.74) is 0.878. The van der Waals surface area contributed by atoms with Crippen LogP contribution in [-0.2, 0) is 11.2 Å². The molecular formula is C12H14FNOS. The van der Waals surface area contributed by atoms with E-state index in [2.05, 4.69) is 5.32 Å². The molecule has 1 heterocycles. The van der Waals surface area contributed by atoms with E-state index >= 15 is 0 Å². The van der Waals surface area contributed by atoms with Gasteiger partial charge in [-0.15, -0.1) is 0 Å². The highest BCUT2D eigenvalue weighted by Gasteiger charge is 2.20. The van der Waals surface area contributed by atoms with Crippen LogP contribution in [0, 0.1) is 5.82 Å². The van der Waals surface area contributed by atoms with Crippen molar-refractivity contribution in [3.63, 3.8) is 0 Å². The second-order valence-corrected chi connectivity index (χ2v) is 5.00. The number of benzene rings is 1. The molecule has 1 saturated heterocycles. The monoisotopic (exact) mass is 239 g/mol. The largest absolute Gasteiger partial charge is 0.306 e. The van der Waals surface area contributed by atoms with Crippen LogP contribution in [0.3, 0.4) is 0 Å². The van der Waals surface area contributed by atoms with Crippen LogP contribution in [0.5, 0.6) is 0 Å². The van der Waals surface area contributed by atoms with Crippen molar-refractivity contribution in [2.24, 2.45) is 0 Å². The summed E-state index contributed by atoms with van der Waals surface area (Å²) in [5.74, 6) is 1.85. The van der Waals surface area contributed by atoms with Gasteiger partial charge in [-0.05, 0) is 17.7 Å². The molecule has 86 valence electrons. The van der Waals surface area contributed by atoms with Gasteiger partial charge in [0, 0.05) is 24.5 Å². The Balaban J connectivity index is 1.93. The summed E-state index contributed by atoms with van der Waals surface area (Å²) in [6, 6.07) is 6.09. The molecule has 1 aliphatic heterocycles. The van der Waals surface area contributed by atoms with Gasteiger partial charge < -0.3 is 5.32 Å². The number of nitrogens with one attached hydrogen (secondary N) is 1. The molecule has 2 rings (SSSR count). The molecule has 0 amide bonds. The molecule has 1 unspecified atom stereocenters. The molecule has 1 aromatic rings. The van der Waals surface area contributed by atoms with Gasteiger partial charge in [0.25, 0.3) is 0 Å². The van der Waals surface area contributed by atoms with Gasteiger partial charge in [-0.2, -0.15) is 11.8 Å². The molecule has 0 aromatic heterocycles. The highest BCUT2D eigenvalue weighted by molar-refractivity contribution is 7.99. The summed E-state index contributed by atoms with van der Waals surface area (Å²) in [7, 11) is 0. The first-order valence-electron chi connectivity index (χ1n) is 5.34. The Kier molecular flexibility index (Phi) is 3.96. The molecule has 0 radical (unpaired) electrons. The van der Waals surface area contributed by atoms with Gasteiger partial charge in [-0.3, -0.25) is 4.79 Å². The van der Waals surface area contributed by atoms with Gasteiger partial charge >= 0.3 is 0 Å². The lowest BCUT2D eigenvalue weighted by atomic mass is 10.0. The third kappa shape index (κ3) is 3.06. The molecular weight excluding hydrogens is 225 g/mol. The maximum absolute atomic E-state index is 12.7. The SMILES string of the molecule is O=C(Cc1ccc(F)cc1)C1CSCCN1. The molecule has 2 nitrogen and oxygen atoms in total. The zero-order valence-corrected chi connectivity index (χ0v) is 9.73. The highest BCUT2D eigenvalue weighted by atomic mass is 32.2. The van der Waals surface area contributed by atoms with Gasteiger partial charge in [-0.1, -0.05) is 12.1 Å². The number of Topliss-reactive ketones (excluding diaryl/α,β-unsaturated/α-hetero) is 1. The first-order valence-corrected chi connectivity index (χ1v) is 6.49.